The Bertz CT molecular complexity index is 437. The third-order valence-corrected chi connectivity index (χ3v) is 2.86. The van der Waals surface area contributed by atoms with Crippen LogP contribution in [0, 0.1) is 11.6 Å². The number of amides is 1. The van der Waals surface area contributed by atoms with Crippen LogP contribution in [0.25, 0.3) is 0 Å². The predicted octanol–water partition coefficient (Wildman–Crippen LogP) is 4.16. The summed E-state index contributed by atoms with van der Waals surface area (Å²) in [7, 11) is 0. The molecule has 0 N–H and O–H groups in total. The monoisotopic (exact) mass is 275 g/mol. The molecule has 1 rings (SSSR count). The SMILES string of the molecule is CCCC(=O)N(CCC)c1ccc(F)c(Cl)c1F. The van der Waals surface area contributed by atoms with E-state index in [1.807, 2.05) is 13.8 Å². The number of halogens is 3. The minimum Gasteiger partial charge on any atom is -0.310 e. The Hall–Kier alpha value is -1.16. The van der Waals surface area contributed by atoms with Crippen LogP contribution in [-0.2, 0) is 4.79 Å². The number of nitrogens with zero attached hydrogens (tertiary/aromatic N) is 1. The number of hydrogen-bond acceptors (Lipinski definition) is 1. The van der Waals surface area contributed by atoms with Crippen molar-refractivity contribution in [3.8, 4) is 0 Å². The minimum atomic E-state index is -0.880. The van der Waals surface area contributed by atoms with Crippen molar-refractivity contribution in [2.75, 3.05) is 11.4 Å². The van der Waals surface area contributed by atoms with Crippen molar-refractivity contribution >= 4 is 23.2 Å². The van der Waals surface area contributed by atoms with Gasteiger partial charge in [0.05, 0.1) is 5.69 Å². The summed E-state index contributed by atoms with van der Waals surface area (Å²) < 4.78 is 27.0. The van der Waals surface area contributed by atoms with E-state index in [2.05, 4.69) is 0 Å². The summed E-state index contributed by atoms with van der Waals surface area (Å²) in [5.41, 5.74) is 0.0432. The van der Waals surface area contributed by atoms with E-state index >= 15 is 0 Å². The van der Waals surface area contributed by atoms with Crippen LogP contribution < -0.4 is 4.90 Å². The van der Waals surface area contributed by atoms with E-state index in [0.717, 1.165) is 6.07 Å². The zero-order valence-corrected chi connectivity index (χ0v) is 11.2. The fourth-order valence-corrected chi connectivity index (χ4v) is 1.84. The summed E-state index contributed by atoms with van der Waals surface area (Å²) in [6.45, 7) is 4.14. The van der Waals surface area contributed by atoms with E-state index in [-0.39, 0.29) is 11.6 Å². The Morgan fingerprint density at radius 3 is 2.50 bits per heavy atom. The van der Waals surface area contributed by atoms with Crippen LogP contribution in [0.15, 0.2) is 12.1 Å². The first-order valence-electron chi connectivity index (χ1n) is 5.96. The van der Waals surface area contributed by atoms with Gasteiger partial charge in [-0.25, -0.2) is 8.78 Å². The van der Waals surface area contributed by atoms with Gasteiger partial charge >= 0.3 is 0 Å². The highest BCUT2D eigenvalue weighted by Gasteiger charge is 2.20. The summed E-state index contributed by atoms with van der Waals surface area (Å²) in [6.07, 6.45) is 1.69. The lowest BCUT2D eigenvalue weighted by atomic mass is 10.2. The lowest BCUT2D eigenvalue weighted by Gasteiger charge is -2.23. The van der Waals surface area contributed by atoms with Gasteiger partial charge in [0.1, 0.15) is 10.8 Å². The first kappa shape index (κ1) is 14.9. The van der Waals surface area contributed by atoms with Gasteiger partial charge in [-0.15, -0.1) is 0 Å². The number of anilines is 1. The lowest BCUT2D eigenvalue weighted by molar-refractivity contribution is -0.118. The molecule has 1 amide bonds. The van der Waals surface area contributed by atoms with Gasteiger partial charge in [-0.2, -0.15) is 0 Å². The molecular weight excluding hydrogens is 260 g/mol. The van der Waals surface area contributed by atoms with Crippen molar-refractivity contribution in [3.63, 3.8) is 0 Å². The first-order chi connectivity index (χ1) is 8.52. The molecule has 0 bridgehead atoms. The van der Waals surface area contributed by atoms with Crippen molar-refractivity contribution in [2.24, 2.45) is 0 Å². The highest BCUT2D eigenvalue weighted by Crippen LogP contribution is 2.28. The van der Waals surface area contributed by atoms with E-state index in [4.69, 9.17) is 11.6 Å². The molecular formula is C13H16ClF2NO. The number of carbonyl (C=O) groups excluding carboxylic acids is 1. The summed E-state index contributed by atoms with van der Waals surface area (Å²) in [6, 6.07) is 2.32. The van der Waals surface area contributed by atoms with Crippen molar-refractivity contribution in [1.82, 2.24) is 0 Å². The fourth-order valence-electron chi connectivity index (χ4n) is 1.68. The second-order valence-corrected chi connectivity index (χ2v) is 4.37. The van der Waals surface area contributed by atoms with Crippen LogP contribution >= 0.6 is 11.6 Å². The smallest absolute Gasteiger partial charge is 0.227 e. The molecule has 1 aromatic carbocycles. The lowest BCUT2D eigenvalue weighted by Crippen LogP contribution is -2.32. The quantitative estimate of drug-likeness (QED) is 0.739. The number of benzene rings is 1. The zero-order valence-electron chi connectivity index (χ0n) is 10.5. The molecule has 2 nitrogen and oxygen atoms in total. The summed E-state index contributed by atoms with van der Waals surface area (Å²) in [4.78, 5) is 13.2. The average Bonchev–Trinajstić information content (AvgIpc) is 2.34. The standard InChI is InChI=1S/C13H16ClF2NO/c1-3-5-11(18)17(8-4-2)10-7-6-9(15)12(14)13(10)16/h6-7H,3-5,8H2,1-2H3. The predicted molar refractivity (Wildman–Crippen MR) is 68.9 cm³/mol. The van der Waals surface area contributed by atoms with E-state index < -0.39 is 16.7 Å². The zero-order chi connectivity index (χ0) is 13.7. The molecule has 5 heteroatoms. The van der Waals surface area contributed by atoms with E-state index in [9.17, 15) is 13.6 Å². The van der Waals surface area contributed by atoms with Crippen LogP contribution in [0.1, 0.15) is 33.1 Å². The van der Waals surface area contributed by atoms with Crippen LogP contribution in [0.4, 0.5) is 14.5 Å². The van der Waals surface area contributed by atoms with Gasteiger partial charge in [0.25, 0.3) is 0 Å². The molecule has 0 aliphatic carbocycles. The second-order valence-electron chi connectivity index (χ2n) is 3.99. The van der Waals surface area contributed by atoms with Gasteiger partial charge in [0.15, 0.2) is 5.82 Å². The van der Waals surface area contributed by atoms with Gasteiger partial charge in [-0.05, 0) is 25.0 Å². The largest absolute Gasteiger partial charge is 0.310 e. The fraction of sp³-hybridized carbons (Fsp3) is 0.462. The number of carbonyl (C=O) groups is 1. The van der Waals surface area contributed by atoms with E-state index in [0.29, 0.717) is 25.8 Å². The molecule has 0 heterocycles. The normalized spacial score (nSPS) is 10.5. The van der Waals surface area contributed by atoms with Crippen LogP contribution in [0.2, 0.25) is 5.02 Å². The highest BCUT2D eigenvalue weighted by molar-refractivity contribution is 6.31. The maximum atomic E-state index is 13.9. The van der Waals surface area contributed by atoms with Gasteiger partial charge in [0, 0.05) is 13.0 Å². The molecule has 0 unspecified atom stereocenters. The van der Waals surface area contributed by atoms with Crippen LogP contribution in [0.3, 0.4) is 0 Å². The Morgan fingerprint density at radius 2 is 1.94 bits per heavy atom. The maximum absolute atomic E-state index is 13.9. The third-order valence-electron chi connectivity index (χ3n) is 2.52. The molecule has 0 saturated heterocycles. The Balaban J connectivity index is 3.13. The van der Waals surface area contributed by atoms with Gasteiger partial charge in [-0.1, -0.05) is 25.4 Å². The molecule has 0 spiro atoms. The molecule has 0 fully saturated rings. The Morgan fingerprint density at radius 1 is 1.28 bits per heavy atom. The Labute approximate surface area is 111 Å². The summed E-state index contributed by atoms with van der Waals surface area (Å²) >= 11 is 5.52. The third kappa shape index (κ3) is 3.19. The van der Waals surface area contributed by atoms with Crippen molar-refractivity contribution in [2.45, 2.75) is 33.1 Å². The number of rotatable bonds is 5. The topological polar surface area (TPSA) is 20.3 Å². The molecule has 0 atom stereocenters. The van der Waals surface area contributed by atoms with Gasteiger partial charge in [0.2, 0.25) is 5.91 Å². The molecule has 1 aromatic rings. The minimum absolute atomic E-state index is 0.0432. The molecule has 0 aromatic heterocycles. The molecule has 100 valence electrons. The van der Waals surface area contributed by atoms with Crippen molar-refractivity contribution in [1.29, 1.82) is 0 Å². The van der Waals surface area contributed by atoms with Crippen molar-refractivity contribution < 1.29 is 13.6 Å². The summed E-state index contributed by atoms with van der Waals surface area (Å²) in [5.74, 6) is -1.88. The molecule has 0 radical (unpaired) electrons. The van der Waals surface area contributed by atoms with Crippen molar-refractivity contribution in [3.05, 3.63) is 28.8 Å². The first-order valence-corrected chi connectivity index (χ1v) is 6.34. The molecule has 0 aliphatic rings. The average molecular weight is 276 g/mol. The summed E-state index contributed by atoms with van der Waals surface area (Å²) in [5, 5.41) is -0.571. The number of hydrogen-bond donors (Lipinski definition) is 0. The van der Waals surface area contributed by atoms with Gasteiger partial charge < -0.3 is 4.90 Å². The van der Waals surface area contributed by atoms with Gasteiger partial charge in [-0.3, -0.25) is 4.79 Å². The highest BCUT2D eigenvalue weighted by atomic mass is 35.5. The van der Waals surface area contributed by atoms with Crippen LogP contribution in [0.5, 0.6) is 0 Å². The van der Waals surface area contributed by atoms with E-state index in [1.54, 1.807) is 0 Å². The molecule has 18 heavy (non-hydrogen) atoms. The van der Waals surface area contributed by atoms with Crippen LogP contribution in [-0.4, -0.2) is 12.5 Å². The maximum Gasteiger partial charge on any atom is 0.227 e. The van der Waals surface area contributed by atoms with E-state index in [1.165, 1.54) is 11.0 Å². The second kappa shape index (κ2) is 6.69. The molecule has 0 aliphatic heterocycles. The molecule has 0 saturated carbocycles. The Kier molecular flexibility index (Phi) is 5.54.